The quantitative estimate of drug-likeness (QED) is 0.876. The molecule has 2 amide bonds. The summed E-state index contributed by atoms with van der Waals surface area (Å²) in [4.78, 5) is 26.9. The molecule has 2 aromatic carbocycles. The van der Waals surface area contributed by atoms with Crippen molar-refractivity contribution in [3.05, 3.63) is 53.6 Å². The first-order chi connectivity index (χ1) is 12.7. The van der Waals surface area contributed by atoms with Crippen molar-refractivity contribution in [1.82, 2.24) is 0 Å². The molecule has 7 heteroatoms. The Balaban J connectivity index is 1.71. The molecule has 0 aromatic heterocycles. The highest BCUT2D eigenvalue weighted by Gasteiger charge is 2.35. The Hall–Kier alpha value is -2.67. The predicted molar refractivity (Wildman–Crippen MR) is 105 cm³/mol. The average molecular weight is 386 g/mol. The van der Waals surface area contributed by atoms with E-state index in [1.807, 2.05) is 32.0 Å². The van der Waals surface area contributed by atoms with E-state index in [9.17, 15) is 18.0 Å². The van der Waals surface area contributed by atoms with Crippen molar-refractivity contribution in [1.29, 1.82) is 0 Å². The van der Waals surface area contributed by atoms with Crippen LogP contribution in [-0.4, -0.2) is 33.0 Å². The molecule has 0 bridgehead atoms. The molecule has 142 valence electrons. The zero-order chi connectivity index (χ0) is 19.8. The fourth-order valence-electron chi connectivity index (χ4n) is 3.17. The van der Waals surface area contributed by atoms with E-state index in [2.05, 4.69) is 5.32 Å². The highest BCUT2D eigenvalue weighted by atomic mass is 32.2. The Labute approximate surface area is 159 Å². The summed E-state index contributed by atoms with van der Waals surface area (Å²) >= 11 is 0. The van der Waals surface area contributed by atoms with Crippen LogP contribution >= 0.6 is 0 Å². The summed E-state index contributed by atoms with van der Waals surface area (Å²) < 4.78 is 23.0. The lowest BCUT2D eigenvalue weighted by Gasteiger charge is -2.20. The maximum atomic E-state index is 12.6. The van der Waals surface area contributed by atoms with Crippen LogP contribution in [0.1, 0.15) is 17.5 Å². The molecule has 6 nitrogen and oxygen atoms in total. The zero-order valence-electron chi connectivity index (χ0n) is 15.5. The van der Waals surface area contributed by atoms with Crippen LogP contribution in [-0.2, 0) is 19.4 Å². The van der Waals surface area contributed by atoms with Gasteiger partial charge in [-0.3, -0.25) is 9.59 Å². The molecule has 27 heavy (non-hydrogen) atoms. The number of rotatable bonds is 4. The van der Waals surface area contributed by atoms with E-state index in [4.69, 9.17) is 0 Å². The molecular weight excluding hydrogens is 364 g/mol. The van der Waals surface area contributed by atoms with Gasteiger partial charge in [0.1, 0.15) is 0 Å². The molecule has 1 N–H and O–H groups in total. The summed E-state index contributed by atoms with van der Waals surface area (Å²) in [5.74, 6) is -0.772. The van der Waals surface area contributed by atoms with E-state index in [1.54, 1.807) is 17.0 Å². The predicted octanol–water partition coefficient (Wildman–Crippen LogP) is 2.70. The third kappa shape index (κ3) is 4.03. The van der Waals surface area contributed by atoms with E-state index in [0.29, 0.717) is 12.2 Å². The van der Waals surface area contributed by atoms with E-state index in [0.717, 1.165) is 23.1 Å². The van der Waals surface area contributed by atoms with Gasteiger partial charge in [-0.1, -0.05) is 12.1 Å². The number of nitrogens with one attached hydrogen (secondary N) is 1. The zero-order valence-corrected chi connectivity index (χ0v) is 16.3. The second kappa shape index (κ2) is 7.15. The van der Waals surface area contributed by atoms with Crippen molar-refractivity contribution in [2.75, 3.05) is 23.0 Å². The minimum Gasteiger partial charge on any atom is -0.326 e. The van der Waals surface area contributed by atoms with E-state index in [-0.39, 0.29) is 23.1 Å². The molecule has 0 spiro atoms. The molecule has 3 rings (SSSR count). The Morgan fingerprint density at radius 3 is 2.41 bits per heavy atom. The first-order valence-electron chi connectivity index (χ1n) is 8.64. The molecular formula is C20H22N2O4S. The first kappa shape index (κ1) is 19.1. The second-order valence-corrected chi connectivity index (χ2v) is 8.93. The molecule has 1 saturated heterocycles. The first-order valence-corrected chi connectivity index (χ1v) is 10.5. The summed E-state index contributed by atoms with van der Waals surface area (Å²) in [6.07, 6.45) is 1.28. The van der Waals surface area contributed by atoms with Gasteiger partial charge >= 0.3 is 0 Å². The van der Waals surface area contributed by atoms with Gasteiger partial charge in [-0.05, 0) is 55.3 Å². The van der Waals surface area contributed by atoms with Gasteiger partial charge in [0.15, 0.2) is 9.84 Å². The summed E-state index contributed by atoms with van der Waals surface area (Å²) in [6, 6.07) is 11.8. The van der Waals surface area contributed by atoms with Crippen LogP contribution in [0, 0.1) is 19.8 Å². The van der Waals surface area contributed by atoms with Gasteiger partial charge in [-0.15, -0.1) is 0 Å². The summed E-state index contributed by atoms with van der Waals surface area (Å²) in [7, 11) is -3.28. The van der Waals surface area contributed by atoms with Crippen molar-refractivity contribution >= 4 is 33.0 Å². The van der Waals surface area contributed by atoms with E-state index >= 15 is 0 Å². The van der Waals surface area contributed by atoms with Gasteiger partial charge in [0.25, 0.3) is 0 Å². The third-order valence-electron chi connectivity index (χ3n) is 4.91. The third-order valence-corrected chi connectivity index (χ3v) is 6.04. The van der Waals surface area contributed by atoms with E-state index in [1.165, 1.54) is 12.1 Å². The number of nitrogens with zero attached hydrogens (tertiary/aromatic N) is 1. The summed E-state index contributed by atoms with van der Waals surface area (Å²) in [6.45, 7) is 4.29. The van der Waals surface area contributed by atoms with Crippen LogP contribution in [0.4, 0.5) is 11.4 Å². The van der Waals surface area contributed by atoms with Gasteiger partial charge in [0, 0.05) is 30.6 Å². The Bertz CT molecular complexity index is 997. The minimum atomic E-state index is -3.28. The molecule has 0 saturated carbocycles. The van der Waals surface area contributed by atoms with E-state index < -0.39 is 15.8 Å². The van der Waals surface area contributed by atoms with Crippen LogP contribution in [0.15, 0.2) is 47.4 Å². The molecule has 1 aliphatic rings. The van der Waals surface area contributed by atoms with Gasteiger partial charge in [0.2, 0.25) is 11.8 Å². The maximum absolute atomic E-state index is 12.6. The number of carbonyl (C=O) groups is 2. The van der Waals surface area contributed by atoms with Crippen LogP contribution in [0.25, 0.3) is 0 Å². The summed E-state index contributed by atoms with van der Waals surface area (Å²) in [5, 5.41) is 2.77. The highest BCUT2D eigenvalue weighted by Crippen LogP contribution is 2.30. The topological polar surface area (TPSA) is 83.6 Å². The van der Waals surface area contributed by atoms with Crippen LogP contribution < -0.4 is 10.2 Å². The lowest BCUT2D eigenvalue weighted by molar-refractivity contribution is -0.122. The number of anilines is 2. The minimum absolute atomic E-state index is 0.0729. The van der Waals surface area contributed by atoms with Crippen molar-refractivity contribution < 1.29 is 18.0 Å². The molecule has 1 heterocycles. The Kier molecular flexibility index (Phi) is 5.06. The number of amides is 2. The molecule has 0 radical (unpaired) electrons. The monoisotopic (exact) mass is 386 g/mol. The fraction of sp³-hybridized carbons (Fsp3) is 0.300. The van der Waals surface area contributed by atoms with Crippen molar-refractivity contribution in [3.63, 3.8) is 0 Å². The molecule has 1 fully saturated rings. The summed E-state index contributed by atoms with van der Waals surface area (Å²) in [5.41, 5.74) is 3.47. The van der Waals surface area contributed by atoms with Gasteiger partial charge in [-0.25, -0.2) is 8.42 Å². The average Bonchev–Trinajstić information content (AvgIpc) is 2.99. The number of hydrogen-bond donors (Lipinski definition) is 1. The molecule has 1 aliphatic heterocycles. The number of sulfone groups is 1. The number of hydrogen-bond acceptors (Lipinski definition) is 4. The van der Waals surface area contributed by atoms with Crippen LogP contribution in [0.5, 0.6) is 0 Å². The van der Waals surface area contributed by atoms with Crippen molar-refractivity contribution in [2.45, 2.75) is 25.2 Å². The van der Waals surface area contributed by atoms with Gasteiger partial charge < -0.3 is 10.2 Å². The highest BCUT2D eigenvalue weighted by molar-refractivity contribution is 7.90. The maximum Gasteiger partial charge on any atom is 0.229 e. The molecule has 1 unspecified atom stereocenters. The van der Waals surface area contributed by atoms with Crippen LogP contribution in [0.2, 0.25) is 0 Å². The largest absolute Gasteiger partial charge is 0.326 e. The smallest absolute Gasteiger partial charge is 0.229 e. The SMILES string of the molecule is Cc1cccc(N2CC(C(=O)Nc3ccc(S(C)(=O)=O)cc3)CC2=O)c1C. The van der Waals surface area contributed by atoms with Crippen molar-refractivity contribution in [3.8, 4) is 0 Å². The number of carbonyl (C=O) groups excluding carboxylic acids is 2. The number of benzene rings is 2. The normalized spacial score (nSPS) is 17.2. The molecule has 1 atom stereocenters. The van der Waals surface area contributed by atoms with Gasteiger partial charge in [-0.2, -0.15) is 0 Å². The standard InChI is InChI=1S/C20H22N2O4S/c1-13-5-4-6-18(14(13)2)22-12-15(11-19(22)23)20(24)21-16-7-9-17(10-8-16)27(3,25)26/h4-10,15H,11-12H2,1-3H3,(H,21,24). The van der Waals surface area contributed by atoms with Crippen LogP contribution in [0.3, 0.4) is 0 Å². The molecule has 0 aliphatic carbocycles. The number of aryl methyl sites for hydroxylation is 1. The lowest BCUT2D eigenvalue weighted by Crippen LogP contribution is -2.28. The van der Waals surface area contributed by atoms with Gasteiger partial charge in [0.05, 0.1) is 10.8 Å². The fourth-order valence-corrected chi connectivity index (χ4v) is 3.80. The van der Waals surface area contributed by atoms with Crippen molar-refractivity contribution in [2.24, 2.45) is 5.92 Å². The molecule has 2 aromatic rings. The Morgan fingerprint density at radius 2 is 1.78 bits per heavy atom. The lowest BCUT2D eigenvalue weighted by atomic mass is 10.1. The second-order valence-electron chi connectivity index (χ2n) is 6.91. The Morgan fingerprint density at radius 1 is 1.11 bits per heavy atom.